The molecule has 4 rings (SSSR count). The van der Waals surface area contributed by atoms with Crippen molar-refractivity contribution in [3.05, 3.63) is 34.5 Å². The molecule has 1 N–H and O–H groups in total. The molecule has 4 heterocycles. The number of amides is 1. The average Bonchev–Trinajstić information content (AvgIpc) is 2.67. The third-order valence-corrected chi connectivity index (χ3v) is 5.42. The lowest BCUT2D eigenvalue weighted by atomic mass is 10.0. The molecule has 0 saturated carbocycles. The first-order valence-electron chi connectivity index (χ1n) is 10.3. The maximum absolute atomic E-state index is 14.1. The predicted molar refractivity (Wildman–Crippen MR) is 109 cm³/mol. The van der Waals surface area contributed by atoms with Crippen molar-refractivity contribution in [1.82, 2.24) is 19.8 Å². The summed E-state index contributed by atoms with van der Waals surface area (Å²) >= 11 is 0. The number of carbonyl (C=O) groups is 1. The van der Waals surface area contributed by atoms with Crippen LogP contribution in [0.3, 0.4) is 0 Å². The van der Waals surface area contributed by atoms with Crippen molar-refractivity contribution < 1.29 is 18.7 Å². The highest BCUT2D eigenvalue weighted by Gasteiger charge is 2.30. The van der Waals surface area contributed by atoms with Crippen molar-refractivity contribution in [2.45, 2.75) is 51.3 Å². The second-order valence-electron chi connectivity index (χ2n) is 8.90. The summed E-state index contributed by atoms with van der Waals surface area (Å²) in [7, 11) is 0. The number of likely N-dealkylation sites (tertiary alicyclic amines) is 1. The van der Waals surface area contributed by atoms with Gasteiger partial charge in [0.25, 0.3) is 5.56 Å². The van der Waals surface area contributed by atoms with Gasteiger partial charge in [-0.1, -0.05) is 0 Å². The summed E-state index contributed by atoms with van der Waals surface area (Å²) in [6, 6.07) is 2.89. The molecule has 2 aliphatic heterocycles. The predicted octanol–water partition coefficient (Wildman–Crippen LogP) is 2.46. The van der Waals surface area contributed by atoms with Crippen molar-refractivity contribution in [2.24, 2.45) is 0 Å². The number of hydrogen-bond acceptors (Lipinski definition) is 6. The van der Waals surface area contributed by atoms with Crippen LogP contribution in [0.15, 0.2) is 23.1 Å². The van der Waals surface area contributed by atoms with Crippen molar-refractivity contribution in [1.29, 1.82) is 0 Å². The maximum atomic E-state index is 14.1. The van der Waals surface area contributed by atoms with Crippen molar-refractivity contribution in [3.8, 4) is 5.75 Å². The Kier molecular flexibility index (Phi) is 5.40. The second kappa shape index (κ2) is 7.86. The number of pyridine rings is 2. The molecule has 0 unspecified atom stereocenters. The van der Waals surface area contributed by atoms with Gasteiger partial charge in [0.2, 0.25) is 0 Å². The third-order valence-electron chi connectivity index (χ3n) is 5.42. The molecule has 1 atom stereocenters. The van der Waals surface area contributed by atoms with Crippen LogP contribution in [0.4, 0.5) is 9.18 Å². The van der Waals surface area contributed by atoms with Crippen LogP contribution in [0.1, 0.15) is 39.7 Å². The van der Waals surface area contributed by atoms with Crippen LogP contribution >= 0.6 is 0 Å². The minimum atomic E-state index is -0.561. The summed E-state index contributed by atoms with van der Waals surface area (Å²) in [5.41, 5.74) is 0.243. The van der Waals surface area contributed by atoms with Crippen molar-refractivity contribution >= 4 is 17.1 Å². The third kappa shape index (κ3) is 4.26. The Bertz CT molecular complexity index is 1010. The van der Waals surface area contributed by atoms with E-state index in [9.17, 15) is 14.0 Å². The molecule has 1 saturated heterocycles. The summed E-state index contributed by atoms with van der Waals surface area (Å²) < 4.78 is 26.8. The monoisotopic (exact) mass is 418 g/mol. The Hall–Kier alpha value is -2.68. The molecule has 9 heteroatoms. The van der Waals surface area contributed by atoms with Gasteiger partial charge in [0.05, 0.1) is 17.8 Å². The van der Waals surface area contributed by atoms with Crippen LogP contribution in [0.25, 0.3) is 11.0 Å². The van der Waals surface area contributed by atoms with E-state index >= 15 is 0 Å². The first-order chi connectivity index (χ1) is 14.2. The van der Waals surface area contributed by atoms with E-state index < -0.39 is 17.5 Å². The number of ether oxygens (including phenoxy) is 2. The van der Waals surface area contributed by atoms with Gasteiger partial charge in [-0.25, -0.2) is 9.18 Å². The Balaban J connectivity index is 1.42. The highest BCUT2D eigenvalue weighted by atomic mass is 19.1. The van der Waals surface area contributed by atoms with Crippen LogP contribution in [-0.2, 0) is 4.74 Å². The molecule has 2 aromatic rings. The largest absolute Gasteiger partial charge is 0.486 e. The quantitative estimate of drug-likeness (QED) is 0.824. The molecular formula is C21H27FN4O4. The van der Waals surface area contributed by atoms with Gasteiger partial charge in [0.1, 0.15) is 17.7 Å². The van der Waals surface area contributed by atoms with E-state index in [1.54, 1.807) is 10.6 Å². The van der Waals surface area contributed by atoms with Gasteiger partial charge in [-0.15, -0.1) is 0 Å². The molecule has 1 amide bonds. The zero-order chi connectivity index (χ0) is 21.5. The summed E-state index contributed by atoms with van der Waals surface area (Å²) in [4.78, 5) is 30.9. The van der Waals surface area contributed by atoms with E-state index in [1.165, 1.54) is 6.07 Å². The van der Waals surface area contributed by atoms with E-state index in [2.05, 4.69) is 15.2 Å². The van der Waals surface area contributed by atoms with Crippen molar-refractivity contribution in [2.75, 3.05) is 26.2 Å². The fraction of sp³-hybridized carbons (Fsp3) is 0.571. The molecule has 0 aromatic carbocycles. The van der Waals surface area contributed by atoms with Crippen LogP contribution < -0.4 is 15.6 Å². The van der Waals surface area contributed by atoms with Gasteiger partial charge in [-0.2, -0.15) is 0 Å². The second-order valence-corrected chi connectivity index (χ2v) is 8.90. The Morgan fingerprint density at radius 1 is 1.33 bits per heavy atom. The minimum absolute atomic E-state index is 0.0592. The van der Waals surface area contributed by atoms with Gasteiger partial charge < -0.3 is 19.7 Å². The molecule has 0 spiro atoms. The maximum Gasteiger partial charge on any atom is 0.407 e. The molecular weight excluding hydrogens is 391 g/mol. The van der Waals surface area contributed by atoms with E-state index in [0.29, 0.717) is 17.6 Å². The Morgan fingerprint density at radius 2 is 2.07 bits per heavy atom. The lowest BCUT2D eigenvalue weighted by molar-refractivity contribution is 0.0473. The molecule has 30 heavy (non-hydrogen) atoms. The fourth-order valence-corrected chi connectivity index (χ4v) is 4.09. The van der Waals surface area contributed by atoms with E-state index in [0.717, 1.165) is 32.1 Å². The number of piperidine rings is 1. The van der Waals surface area contributed by atoms with Crippen LogP contribution in [0.5, 0.6) is 5.75 Å². The lowest BCUT2D eigenvalue weighted by Gasteiger charge is -2.36. The smallest absolute Gasteiger partial charge is 0.407 e. The summed E-state index contributed by atoms with van der Waals surface area (Å²) in [6.45, 7) is 7.89. The number of alkyl carbamates (subject to hydrolysis) is 1. The molecule has 2 aromatic heterocycles. The number of halogens is 1. The number of carbonyl (C=O) groups excluding carboxylic acids is 1. The van der Waals surface area contributed by atoms with Crippen LogP contribution in [-0.4, -0.2) is 58.4 Å². The number of rotatable bonds is 3. The van der Waals surface area contributed by atoms with E-state index in [4.69, 9.17) is 9.47 Å². The van der Waals surface area contributed by atoms with Gasteiger partial charge in [0.15, 0.2) is 11.6 Å². The number of nitrogens with zero attached hydrogens (tertiary/aromatic N) is 3. The van der Waals surface area contributed by atoms with Gasteiger partial charge in [-0.3, -0.25) is 14.3 Å². The number of nitrogens with one attached hydrogen (secondary N) is 1. The Morgan fingerprint density at radius 3 is 2.77 bits per heavy atom. The summed E-state index contributed by atoms with van der Waals surface area (Å²) in [6.07, 6.45) is 2.30. The zero-order valence-electron chi connectivity index (χ0n) is 17.5. The lowest BCUT2D eigenvalue weighted by Crippen LogP contribution is -2.48. The minimum Gasteiger partial charge on any atom is -0.486 e. The van der Waals surface area contributed by atoms with Gasteiger partial charge in [0, 0.05) is 31.7 Å². The van der Waals surface area contributed by atoms with E-state index in [-0.39, 0.29) is 30.0 Å². The molecule has 0 bridgehead atoms. The summed E-state index contributed by atoms with van der Waals surface area (Å²) in [5.74, 6) is -0.469. The molecule has 0 radical (unpaired) electrons. The molecule has 8 nitrogen and oxygen atoms in total. The first kappa shape index (κ1) is 20.6. The molecule has 162 valence electrons. The normalized spacial score (nSPS) is 20.1. The fourth-order valence-electron chi connectivity index (χ4n) is 4.09. The highest BCUT2D eigenvalue weighted by molar-refractivity contribution is 5.82. The number of hydrogen-bond donors (Lipinski definition) is 1. The van der Waals surface area contributed by atoms with Gasteiger partial charge in [-0.05, 0) is 39.7 Å². The van der Waals surface area contributed by atoms with E-state index in [1.807, 2.05) is 20.8 Å². The molecule has 1 fully saturated rings. The number of aromatic nitrogens is 2. The SMILES string of the molecule is CC(C)(C)OC(=O)NC1CCN(C[C@H]2COc3c(F)cnc4ccc(=O)n2c34)CC1. The van der Waals surface area contributed by atoms with Crippen LogP contribution in [0, 0.1) is 5.82 Å². The topological polar surface area (TPSA) is 85.7 Å². The van der Waals surface area contributed by atoms with Crippen LogP contribution in [0.2, 0.25) is 0 Å². The highest BCUT2D eigenvalue weighted by Crippen LogP contribution is 2.32. The zero-order valence-corrected chi connectivity index (χ0v) is 17.5. The average molecular weight is 418 g/mol. The van der Waals surface area contributed by atoms with Crippen molar-refractivity contribution in [3.63, 3.8) is 0 Å². The Labute approximate surface area is 174 Å². The molecule has 2 aliphatic rings. The molecule has 0 aliphatic carbocycles. The summed E-state index contributed by atoms with van der Waals surface area (Å²) in [5, 5.41) is 2.93. The first-order valence-corrected chi connectivity index (χ1v) is 10.3. The standard InChI is InChI=1S/C21H27FN4O4/c1-21(2,3)30-20(28)24-13-6-8-25(9-7-13)11-14-12-29-19-15(22)10-23-16-4-5-17(27)26(14)18(16)19/h4-5,10,13-14H,6-9,11-12H2,1-3H3,(H,24,28)/t14-/m0/s1. The van der Waals surface area contributed by atoms with Gasteiger partial charge >= 0.3 is 6.09 Å².